The molecule has 2 heterocycles. The maximum absolute atomic E-state index is 13.1. The molecule has 1 aromatic rings. The monoisotopic (exact) mass is 409 g/mol. The molecule has 0 radical (unpaired) electrons. The maximum Gasteiger partial charge on any atom is 0.248 e. The lowest BCUT2D eigenvalue weighted by atomic mass is 9.83. The van der Waals surface area contributed by atoms with Crippen LogP contribution in [0.15, 0.2) is 9.42 Å². The maximum atomic E-state index is 13.1. The molecule has 2 aliphatic carbocycles. The molecule has 28 heavy (non-hydrogen) atoms. The summed E-state index contributed by atoms with van der Waals surface area (Å²) in [4.78, 5) is 13.0. The Morgan fingerprint density at radius 3 is 2.64 bits per heavy atom. The Morgan fingerprint density at radius 2 is 2.04 bits per heavy atom. The smallest absolute Gasteiger partial charge is 0.248 e. The first-order valence-electron chi connectivity index (χ1n) is 10.5. The molecule has 1 N–H and O–H groups in total. The van der Waals surface area contributed by atoms with E-state index >= 15 is 0 Å². The number of piperidine rings is 1. The van der Waals surface area contributed by atoms with Crippen molar-refractivity contribution in [2.45, 2.75) is 70.2 Å². The third kappa shape index (κ3) is 3.49. The van der Waals surface area contributed by atoms with Crippen molar-refractivity contribution in [3.05, 3.63) is 11.5 Å². The number of fused-ring (bicyclic) bond motifs is 2. The topological polar surface area (TPSA) is 92.5 Å². The molecule has 156 valence electrons. The second-order valence-corrected chi connectivity index (χ2v) is 10.9. The number of hydrogen-bond donors (Lipinski definition) is 1. The van der Waals surface area contributed by atoms with Crippen LogP contribution in [0, 0.1) is 37.5 Å². The number of carbonyl (C=O) groups excluding carboxylic acids is 1. The van der Waals surface area contributed by atoms with E-state index in [0.29, 0.717) is 30.3 Å². The molecular formula is C20H31N3O4S. The zero-order chi connectivity index (χ0) is 20.1. The summed E-state index contributed by atoms with van der Waals surface area (Å²) in [6, 6.07) is 0.164. The fourth-order valence-electron chi connectivity index (χ4n) is 5.70. The van der Waals surface area contributed by atoms with Gasteiger partial charge in [0.2, 0.25) is 15.9 Å². The lowest BCUT2D eigenvalue weighted by molar-refractivity contribution is -0.127. The predicted molar refractivity (Wildman–Crippen MR) is 104 cm³/mol. The van der Waals surface area contributed by atoms with Gasteiger partial charge in [0.25, 0.3) is 0 Å². The highest BCUT2D eigenvalue weighted by atomic mass is 32.2. The van der Waals surface area contributed by atoms with E-state index in [1.165, 1.54) is 30.0 Å². The van der Waals surface area contributed by atoms with Gasteiger partial charge in [-0.1, -0.05) is 11.6 Å². The fraction of sp³-hybridized carbons (Fsp3) is 0.800. The minimum Gasteiger partial charge on any atom is -0.360 e. The van der Waals surface area contributed by atoms with Gasteiger partial charge < -0.3 is 9.84 Å². The number of hydrogen-bond acceptors (Lipinski definition) is 5. The lowest BCUT2D eigenvalue weighted by Crippen LogP contribution is -2.49. The van der Waals surface area contributed by atoms with Gasteiger partial charge in [0.15, 0.2) is 5.76 Å². The zero-order valence-electron chi connectivity index (χ0n) is 17.0. The van der Waals surface area contributed by atoms with Crippen molar-refractivity contribution < 1.29 is 17.7 Å². The van der Waals surface area contributed by atoms with Gasteiger partial charge in [-0.15, -0.1) is 0 Å². The molecule has 8 heteroatoms. The summed E-state index contributed by atoms with van der Waals surface area (Å²) in [7, 11) is -3.70. The van der Waals surface area contributed by atoms with Crippen LogP contribution in [0.25, 0.3) is 0 Å². The Labute approximate surface area is 167 Å². The summed E-state index contributed by atoms with van der Waals surface area (Å²) in [5.41, 5.74) is 0.369. The van der Waals surface area contributed by atoms with E-state index < -0.39 is 10.0 Å². The molecule has 1 aromatic heterocycles. The van der Waals surface area contributed by atoms with Gasteiger partial charge in [-0.05, 0) is 70.6 Å². The van der Waals surface area contributed by atoms with Crippen LogP contribution in [0.3, 0.4) is 0 Å². The second-order valence-electron chi connectivity index (χ2n) is 8.99. The van der Waals surface area contributed by atoms with Crippen LogP contribution in [0.4, 0.5) is 0 Å². The van der Waals surface area contributed by atoms with Crippen LogP contribution < -0.4 is 5.32 Å². The van der Waals surface area contributed by atoms with E-state index in [2.05, 4.69) is 17.4 Å². The summed E-state index contributed by atoms with van der Waals surface area (Å²) in [6.07, 6.45) is 6.59. The van der Waals surface area contributed by atoms with Crippen molar-refractivity contribution in [1.29, 1.82) is 0 Å². The molecule has 5 atom stereocenters. The van der Waals surface area contributed by atoms with Crippen LogP contribution >= 0.6 is 0 Å². The van der Waals surface area contributed by atoms with E-state index in [-0.39, 0.29) is 29.3 Å². The van der Waals surface area contributed by atoms with Crippen molar-refractivity contribution in [3.8, 4) is 0 Å². The van der Waals surface area contributed by atoms with Gasteiger partial charge in [0, 0.05) is 19.1 Å². The Morgan fingerprint density at radius 1 is 1.25 bits per heavy atom. The molecule has 3 aliphatic rings. The van der Waals surface area contributed by atoms with Crippen molar-refractivity contribution in [1.82, 2.24) is 14.8 Å². The average molecular weight is 410 g/mol. The molecule has 4 rings (SSSR count). The SMILES string of the molecule is Cc1noc(C)c1S(=O)(=O)N1CCCC(C(=O)NC(C)C2CC3CCC2C3)C1. The van der Waals surface area contributed by atoms with Gasteiger partial charge in [-0.25, -0.2) is 8.42 Å². The van der Waals surface area contributed by atoms with Gasteiger partial charge in [0.1, 0.15) is 10.6 Å². The van der Waals surface area contributed by atoms with Crippen LogP contribution in [0.5, 0.6) is 0 Å². The lowest BCUT2D eigenvalue weighted by Gasteiger charge is -2.33. The predicted octanol–water partition coefficient (Wildman–Crippen LogP) is 2.63. The van der Waals surface area contributed by atoms with Gasteiger partial charge >= 0.3 is 0 Å². The van der Waals surface area contributed by atoms with Gasteiger partial charge in [0.05, 0.1) is 5.92 Å². The normalized spacial score (nSPS) is 31.8. The molecule has 5 unspecified atom stereocenters. The highest BCUT2D eigenvalue weighted by Gasteiger charge is 2.43. The standard InChI is InChI=1S/C20H31N3O4S/c1-12(18-10-15-6-7-16(18)9-15)21-20(24)17-5-4-8-23(11-17)28(25,26)19-13(2)22-27-14(19)3/h12,15-18H,4-11H2,1-3H3,(H,21,24). The van der Waals surface area contributed by atoms with Gasteiger partial charge in [-0.2, -0.15) is 4.31 Å². The van der Waals surface area contributed by atoms with Crippen molar-refractivity contribution in [3.63, 3.8) is 0 Å². The number of rotatable bonds is 5. The van der Waals surface area contributed by atoms with Crippen molar-refractivity contribution >= 4 is 15.9 Å². The van der Waals surface area contributed by atoms with Crippen LogP contribution in [0.1, 0.15) is 56.9 Å². The largest absolute Gasteiger partial charge is 0.360 e. The Kier molecular flexibility index (Phi) is 5.29. The molecule has 0 spiro atoms. The Bertz CT molecular complexity index is 830. The molecule has 0 aromatic carbocycles. The minimum absolute atomic E-state index is 0.00561. The molecule has 1 saturated heterocycles. The van der Waals surface area contributed by atoms with Crippen LogP contribution in [-0.4, -0.2) is 42.9 Å². The number of carbonyl (C=O) groups is 1. The van der Waals surface area contributed by atoms with E-state index in [1.54, 1.807) is 13.8 Å². The van der Waals surface area contributed by atoms with Crippen molar-refractivity contribution in [2.75, 3.05) is 13.1 Å². The molecule has 7 nitrogen and oxygen atoms in total. The molecule has 2 saturated carbocycles. The number of sulfonamides is 1. The van der Waals surface area contributed by atoms with Crippen molar-refractivity contribution in [2.24, 2.45) is 23.7 Å². The quantitative estimate of drug-likeness (QED) is 0.807. The minimum atomic E-state index is -3.70. The molecule has 3 fully saturated rings. The summed E-state index contributed by atoms with van der Waals surface area (Å²) >= 11 is 0. The molecule has 2 bridgehead atoms. The number of aryl methyl sites for hydroxylation is 2. The first kappa shape index (κ1) is 19.9. The summed E-state index contributed by atoms with van der Waals surface area (Å²) < 4.78 is 32.6. The zero-order valence-corrected chi connectivity index (χ0v) is 17.8. The summed E-state index contributed by atoms with van der Waals surface area (Å²) in [6.45, 7) is 6.01. The van der Waals surface area contributed by atoms with E-state index in [1.807, 2.05) is 0 Å². The molecule has 1 amide bonds. The Balaban J connectivity index is 1.41. The highest BCUT2D eigenvalue weighted by molar-refractivity contribution is 7.89. The number of nitrogens with one attached hydrogen (secondary N) is 1. The number of nitrogens with zero attached hydrogens (tertiary/aromatic N) is 2. The fourth-order valence-corrected chi connectivity index (χ4v) is 7.52. The third-order valence-corrected chi connectivity index (χ3v) is 9.24. The van der Waals surface area contributed by atoms with E-state index in [9.17, 15) is 13.2 Å². The second kappa shape index (κ2) is 7.44. The van der Waals surface area contributed by atoms with Crippen LogP contribution in [0.2, 0.25) is 0 Å². The Hall–Kier alpha value is -1.41. The molecule has 1 aliphatic heterocycles. The average Bonchev–Trinajstić information content (AvgIpc) is 3.38. The first-order valence-corrected chi connectivity index (χ1v) is 11.9. The molecular weight excluding hydrogens is 378 g/mol. The number of aromatic nitrogens is 1. The summed E-state index contributed by atoms with van der Waals surface area (Å²) in [5, 5.41) is 6.99. The summed E-state index contributed by atoms with van der Waals surface area (Å²) in [5.74, 6) is 2.17. The number of amides is 1. The third-order valence-electron chi connectivity index (χ3n) is 7.13. The van der Waals surface area contributed by atoms with E-state index in [4.69, 9.17) is 4.52 Å². The van der Waals surface area contributed by atoms with E-state index in [0.717, 1.165) is 18.3 Å². The van der Waals surface area contributed by atoms with Gasteiger partial charge in [-0.3, -0.25) is 4.79 Å². The first-order chi connectivity index (χ1) is 13.3. The highest BCUT2D eigenvalue weighted by Crippen LogP contribution is 2.49. The van der Waals surface area contributed by atoms with Crippen LogP contribution in [-0.2, 0) is 14.8 Å².